The molecule has 0 radical (unpaired) electrons. The Kier molecular flexibility index (Phi) is 4.09. The molecule has 22 heavy (non-hydrogen) atoms. The van der Waals surface area contributed by atoms with Crippen LogP contribution in [-0.2, 0) is 5.41 Å². The molecule has 2 N–H and O–H groups in total. The molecule has 0 spiro atoms. The predicted octanol–water partition coefficient (Wildman–Crippen LogP) is 4.53. The Balaban J connectivity index is 2.15. The Morgan fingerprint density at radius 2 is 1.45 bits per heavy atom. The van der Waals surface area contributed by atoms with Crippen LogP contribution in [0.3, 0.4) is 0 Å². The van der Waals surface area contributed by atoms with Gasteiger partial charge in [-0.2, -0.15) is 11.8 Å². The summed E-state index contributed by atoms with van der Waals surface area (Å²) in [4.78, 5) is 0. The van der Waals surface area contributed by atoms with Crippen LogP contribution in [0.25, 0.3) is 0 Å². The SMILES string of the molecule is Cc1cc(C2(c3ccc(O)c(C)c3)CCCSC2)ccc1O. The normalized spacial score (nSPS) is 17.4. The van der Waals surface area contributed by atoms with E-state index >= 15 is 0 Å². The van der Waals surface area contributed by atoms with Crippen molar-refractivity contribution in [3.8, 4) is 11.5 Å². The fourth-order valence-corrected chi connectivity index (χ4v) is 4.64. The third-order valence-corrected chi connectivity index (χ3v) is 6.01. The minimum atomic E-state index is -0.0279. The molecule has 0 unspecified atom stereocenters. The quantitative estimate of drug-likeness (QED) is 0.855. The van der Waals surface area contributed by atoms with Crippen LogP contribution < -0.4 is 0 Å². The van der Waals surface area contributed by atoms with Crippen LogP contribution in [0.1, 0.15) is 35.1 Å². The number of hydrogen-bond acceptors (Lipinski definition) is 3. The highest BCUT2D eigenvalue weighted by molar-refractivity contribution is 7.99. The van der Waals surface area contributed by atoms with Crippen molar-refractivity contribution in [3.63, 3.8) is 0 Å². The average molecular weight is 314 g/mol. The summed E-state index contributed by atoms with van der Waals surface area (Å²) in [6.07, 6.45) is 2.29. The van der Waals surface area contributed by atoms with E-state index < -0.39 is 0 Å². The fourth-order valence-electron chi connectivity index (χ4n) is 3.32. The standard InChI is InChI=1S/C19H22O2S/c1-13-10-15(4-6-17(13)20)19(8-3-9-22-12-19)16-5-7-18(21)14(2)11-16/h4-7,10-11,20-21H,3,8-9,12H2,1-2H3. The van der Waals surface area contributed by atoms with Crippen molar-refractivity contribution in [2.24, 2.45) is 0 Å². The van der Waals surface area contributed by atoms with Crippen molar-refractivity contribution in [2.75, 3.05) is 11.5 Å². The zero-order valence-electron chi connectivity index (χ0n) is 13.1. The number of aryl methyl sites for hydroxylation is 2. The second kappa shape index (κ2) is 5.88. The van der Waals surface area contributed by atoms with Gasteiger partial charge in [0.05, 0.1) is 0 Å². The summed E-state index contributed by atoms with van der Waals surface area (Å²) < 4.78 is 0. The van der Waals surface area contributed by atoms with Gasteiger partial charge in [0.15, 0.2) is 0 Å². The van der Waals surface area contributed by atoms with E-state index in [0.717, 1.165) is 23.3 Å². The van der Waals surface area contributed by atoms with E-state index in [4.69, 9.17) is 0 Å². The topological polar surface area (TPSA) is 40.5 Å². The number of phenols is 2. The lowest BCUT2D eigenvalue weighted by Gasteiger charge is -2.38. The molecular weight excluding hydrogens is 292 g/mol. The van der Waals surface area contributed by atoms with Crippen molar-refractivity contribution in [2.45, 2.75) is 32.1 Å². The average Bonchev–Trinajstić information content (AvgIpc) is 2.53. The summed E-state index contributed by atoms with van der Waals surface area (Å²) in [5.41, 5.74) is 4.34. The van der Waals surface area contributed by atoms with Crippen molar-refractivity contribution in [3.05, 3.63) is 58.7 Å². The van der Waals surface area contributed by atoms with Gasteiger partial charge in [0.2, 0.25) is 0 Å². The van der Waals surface area contributed by atoms with Crippen LogP contribution in [0.2, 0.25) is 0 Å². The maximum Gasteiger partial charge on any atom is 0.118 e. The fraction of sp³-hybridized carbons (Fsp3) is 0.368. The molecule has 3 rings (SSSR count). The van der Waals surface area contributed by atoms with E-state index in [2.05, 4.69) is 24.3 Å². The number of aromatic hydroxyl groups is 2. The second-order valence-corrected chi connectivity index (χ2v) is 7.35. The largest absolute Gasteiger partial charge is 0.508 e. The molecule has 0 aliphatic carbocycles. The van der Waals surface area contributed by atoms with Crippen molar-refractivity contribution < 1.29 is 10.2 Å². The molecule has 2 nitrogen and oxygen atoms in total. The molecule has 0 aromatic heterocycles. The highest BCUT2D eigenvalue weighted by Gasteiger charge is 2.36. The molecule has 1 aliphatic rings. The molecule has 0 bridgehead atoms. The molecular formula is C19H22O2S. The van der Waals surface area contributed by atoms with E-state index in [0.29, 0.717) is 11.5 Å². The number of benzene rings is 2. The van der Waals surface area contributed by atoms with E-state index in [1.165, 1.54) is 23.3 Å². The van der Waals surface area contributed by atoms with Gasteiger partial charge >= 0.3 is 0 Å². The maximum atomic E-state index is 9.84. The highest BCUT2D eigenvalue weighted by Crippen LogP contribution is 2.44. The number of rotatable bonds is 2. The minimum Gasteiger partial charge on any atom is -0.508 e. The van der Waals surface area contributed by atoms with Gasteiger partial charge in [-0.1, -0.05) is 24.3 Å². The van der Waals surface area contributed by atoms with Crippen LogP contribution in [0.5, 0.6) is 11.5 Å². The molecule has 0 amide bonds. The van der Waals surface area contributed by atoms with Crippen LogP contribution in [-0.4, -0.2) is 21.7 Å². The van der Waals surface area contributed by atoms with Gasteiger partial charge in [-0.3, -0.25) is 0 Å². The highest BCUT2D eigenvalue weighted by atomic mass is 32.2. The van der Waals surface area contributed by atoms with Crippen LogP contribution >= 0.6 is 11.8 Å². The lowest BCUT2D eigenvalue weighted by molar-refractivity contribution is 0.465. The second-order valence-electron chi connectivity index (χ2n) is 6.24. The Labute approximate surface area is 136 Å². The van der Waals surface area contributed by atoms with E-state index in [9.17, 15) is 10.2 Å². The molecule has 0 saturated carbocycles. The summed E-state index contributed by atoms with van der Waals surface area (Å²) in [7, 11) is 0. The van der Waals surface area contributed by atoms with Crippen molar-refractivity contribution in [1.29, 1.82) is 0 Å². The molecule has 3 heteroatoms. The lowest BCUT2D eigenvalue weighted by Crippen LogP contribution is -2.34. The van der Waals surface area contributed by atoms with Crippen molar-refractivity contribution in [1.82, 2.24) is 0 Å². The van der Waals surface area contributed by atoms with Crippen LogP contribution in [0, 0.1) is 13.8 Å². The van der Waals surface area contributed by atoms with Gasteiger partial charge in [-0.15, -0.1) is 0 Å². The Morgan fingerprint density at radius 3 is 1.86 bits per heavy atom. The first kappa shape index (κ1) is 15.3. The monoisotopic (exact) mass is 314 g/mol. The van der Waals surface area contributed by atoms with Gasteiger partial charge in [0.1, 0.15) is 11.5 Å². The smallest absolute Gasteiger partial charge is 0.118 e. The Hall–Kier alpha value is -1.61. The van der Waals surface area contributed by atoms with Gasteiger partial charge in [0.25, 0.3) is 0 Å². The van der Waals surface area contributed by atoms with Gasteiger partial charge in [0, 0.05) is 11.2 Å². The maximum absolute atomic E-state index is 9.84. The molecule has 2 aromatic rings. The van der Waals surface area contributed by atoms with Crippen LogP contribution in [0.15, 0.2) is 36.4 Å². The molecule has 1 saturated heterocycles. The third kappa shape index (κ3) is 2.58. The first-order valence-electron chi connectivity index (χ1n) is 7.71. The van der Waals surface area contributed by atoms with Gasteiger partial charge in [-0.25, -0.2) is 0 Å². The molecule has 1 aliphatic heterocycles. The zero-order chi connectivity index (χ0) is 15.7. The minimum absolute atomic E-state index is 0.0279. The summed E-state index contributed by atoms with van der Waals surface area (Å²) in [5, 5.41) is 19.7. The zero-order valence-corrected chi connectivity index (χ0v) is 13.9. The Bertz CT molecular complexity index is 634. The third-order valence-electron chi connectivity index (χ3n) is 4.74. The summed E-state index contributed by atoms with van der Waals surface area (Å²) in [5.74, 6) is 2.95. The molecule has 2 aromatic carbocycles. The van der Waals surface area contributed by atoms with Gasteiger partial charge in [-0.05, 0) is 66.8 Å². The van der Waals surface area contributed by atoms with Crippen LogP contribution in [0.4, 0.5) is 0 Å². The van der Waals surface area contributed by atoms with E-state index in [1.807, 2.05) is 25.6 Å². The number of thioether (sulfide) groups is 1. The Morgan fingerprint density at radius 1 is 0.909 bits per heavy atom. The van der Waals surface area contributed by atoms with Crippen molar-refractivity contribution >= 4 is 11.8 Å². The lowest BCUT2D eigenvalue weighted by atomic mass is 9.72. The molecule has 0 atom stereocenters. The summed E-state index contributed by atoms with van der Waals surface area (Å²) in [6, 6.07) is 11.9. The molecule has 116 valence electrons. The van der Waals surface area contributed by atoms with E-state index in [-0.39, 0.29) is 5.41 Å². The number of hydrogen-bond donors (Lipinski definition) is 2. The number of phenolic OH excluding ortho intramolecular Hbond substituents is 2. The summed E-state index contributed by atoms with van der Waals surface area (Å²) >= 11 is 1.99. The van der Waals surface area contributed by atoms with E-state index in [1.54, 1.807) is 12.1 Å². The molecule has 1 heterocycles. The predicted molar refractivity (Wildman–Crippen MR) is 93.0 cm³/mol. The first-order chi connectivity index (χ1) is 10.5. The summed E-state index contributed by atoms with van der Waals surface area (Å²) in [6.45, 7) is 3.90. The first-order valence-corrected chi connectivity index (χ1v) is 8.86. The van der Waals surface area contributed by atoms with Gasteiger partial charge < -0.3 is 10.2 Å². The molecule has 1 fully saturated rings.